The molecule has 0 radical (unpaired) electrons. The second-order valence-corrected chi connectivity index (χ2v) is 4.48. The summed E-state index contributed by atoms with van der Waals surface area (Å²) >= 11 is 0. The van der Waals surface area contributed by atoms with Crippen LogP contribution in [0.5, 0.6) is 11.5 Å². The zero-order chi connectivity index (χ0) is 13.8. The fourth-order valence-electron chi connectivity index (χ4n) is 1.81. The molecule has 1 heterocycles. The van der Waals surface area contributed by atoms with Gasteiger partial charge >= 0.3 is 0 Å². The summed E-state index contributed by atoms with van der Waals surface area (Å²) < 4.78 is 10.4. The molecule has 3 N–H and O–H groups in total. The Morgan fingerprint density at radius 2 is 2.11 bits per heavy atom. The number of carbonyl (C=O) groups is 2. The van der Waals surface area contributed by atoms with E-state index in [0.717, 1.165) is 5.56 Å². The van der Waals surface area contributed by atoms with Gasteiger partial charge in [0.25, 0.3) is 0 Å². The first-order valence-electron chi connectivity index (χ1n) is 6.01. The molecule has 2 amide bonds. The predicted octanol–water partition coefficient (Wildman–Crippen LogP) is 0.543. The van der Waals surface area contributed by atoms with Crippen LogP contribution in [0.15, 0.2) is 18.2 Å². The van der Waals surface area contributed by atoms with Crippen molar-refractivity contribution in [1.29, 1.82) is 0 Å². The van der Waals surface area contributed by atoms with Gasteiger partial charge in [0.05, 0.1) is 0 Å². The number of fused-ring (bicyclic) bond motifs is 1. The van der Waals surface area contributed by atoms with Gasteiger partial charge in [-0.1, -0.05) is 13.0 Å². The van der Waals surface area contributed by atoms with E-state index >= 15 is 0 Å². The summed E-state index contributed by atoms with van der Waals surface area (Å²) in [5.41, 5.74) is 5.96. The summed E-state index contributed by atoms with van der Waals surface area (Å²) in [6, 6.07) is 5.48. The van der Waals surface area contributed by atoms with E-state index in [1.807, 2.05) is 12.1 Å². The topological polar surface area (TPSA) is 90.7 Å². The maximum Gasteiger partial charge on any atom is 0.231 e. The molecule has 0 aromatic heterocycles. The van der Waals surface area contributed by atoms with E-state index in [2.05, 4.69) is 5.32 Å². The quantitative estimate of drug-likeness (QED) is 0.812. The smallest absolute Gasteiger partial charge is 0.231 e. The number of carbonyl (C=O) groups excluding carboxylic acids is 2. The lowest BCUT2D eigenvalue weighted by atomic mass is 10.1. The van der Waals surface area contributed by atoms with Gasteiger partial charge in [0.1, 0.15) is 0 Å². The largest absolute Gasteiger partial charge is 0.454 e. The Kier molecular flexibility index (Phi) is 3.89. The number of benzene rings is 1. The molecule has 1 unspecified atom stereocenters. The van der Waals surface area contributed by atoms with Crippen LogP contribution >= 0.6 is 0 Å². The van der Waals surface area contributed by atoms with Gasteiger partial charge in [0.2, 0.25) is 18.6 Å². The summed E-state index contributed by atoms with van der Waals surface area (Å²) in [6.45, 7) is 2.26. The minimum atomic E-state index is -0.481. The third-order valence-corrected chi connectivity index (χ3v) is 2.86. The molecule has 6 nitrogen and oxygen atoms in total. The average Bonchev–Trinajstić information content (AvgIpc) is 2.82. The Morgan fingerprint density at radius 3 is 2.84 bits per heavy atom. The van der Waals surface area contributed by atoms with E-state index in [1.54, 1.807) is 13.0 Å². The molecule has 0 bridgehead atoms. The number of amides is 2. The normalized spacial score (nSPS) is 13.9. The lowest BCUT2D eigenvalue weighted by molar-refractivity contribution is -0.128. The van der Waals surface area contributed by atoms with E-state index in [9.17, 15) is 9.59 Å². The molecule has 0 aliphatic carbocycles. The van der Waals surface area contributed by atoms with Gasteiger partial charge in [-0.15, -0.1) is 0 Å². The number of ether oxygens (including phenoxy) is 2. The minimum absolute atomic E-state index is 0.0486. The van der Waals surface area contributed by atoms with Crippen LogP contribution < -0.4 is 20.5 Å². The zero-order valence-electron chi connectivity index (χ0n) is 10.6. The van der Waals surface area contributed by atoms with E-state index in [0.29, 0.717) is 18.0 Å². The van der Waals surface area contributed by atoms with Gasteiger partial charge in [0.15, 0.2) is 11.5 Å². The molecular weight excluding hydrogens is 248 g/mol. The highest BCUT2D eigenvalue weighted by Crippen LogP contribution is 2.32. The Balaban J connectivity index is 1.88. The van der Waals surface area contributed by atoms with Gasteiger partial charge in [-0.25, -0.2) is 0 Å². The molecule has 0 fully saturated rings. The van der Waals surface area contributed by atoms with Gasteiger partial charge in [-0.05, 0) is 17.7 Å². The lowest BCUT2D eigenvalue weighted by Gasteiger charge is -2.10. The Labute approximate surface area is 110 Å². The van der Waals surface area contributed by atoms with Gasteiger partial charge in [0, 0.05) is 18.9 Å². The third-order valence-electron chi connectivity index (χ3n) is 2.86. The monoisotopic (exact) mass is 264 g/mol. The van der Waals surface area contributed by atoms with Gasteiger partial charge < -0.3 is 20.5 Å². The SMILES string of the molecule is CC(CC(N)=O)C(=O)NCc1ccc2c(c1)OCO2. The van der Waals surface area contributed by atoms with Crippen LogP contribution in [0.25, 0.3) is 0 Å². The van der Waals surface area contributed by atoms with Crippen molar-refractivity contribution in [3.05, 3.63) is 23.8 Å². The Bertz CT molecular complexity index is 501. The van der Waals surface area contributed by atoms with Crippen molar-refractivity contribution in [3.63, 3.8) is 0 Å². The molecule has 1 atom stereocenters. The third kappa shape index (κ3) is 3.37. The zero-order valence-corrected chi connectivity index (χ0v) is 10.6. The van der Waals surface area contributed by atoms with Crippen LogP contribution in [-0.2, 0) is 16.1 Å². The highest BCUT2D eigenvalue weighted by molar-refractivity contribution is 5.84. The first kappa shape index (κ1) is 13.2. The van der Waals surface area contributed by atoms with Crippen LogP contribution in [-0.4, -0.2) is 18.6 Å². The van der Waals surface area contributed by atoms with Crippen molar-refractivity contribution in [2.45, 2.75) is 19.9 Å². The molecule has 0 saturated carbocycles. The summed E-state index contributed by atoms with van der Waals surface area (Å²) in [4.78, 5) is 22.4. The number of rotatable bonds is 5. The molecule has 1 aromatic rings. The van der Waals surface area contributed by atoms with E-state index in [1.165, 1.54) is 0 Å². The maximum atomic E-state index is 11.7. The number of primary amides is 1. The van der Waals surface area contributed by atoms with Crippen molar-refractivity contribution in [1.82, 2.24) is 5.32 Å². The second kappa shape index (κ2) is 5.60. The van der Waals surface area contributed by atoms with Crippen LogP contribution in [0.4, 0.5) is 0 Å². The summed E-state index contributed by atoms with van der Waals surface area (Å²) in [7, 11) is 0. The summed E-state index contributed by atoms with van der Waals surface area (Å²) in [6.07, 6.45) is 0.0486. The summed E-state index contributed by atoms with van der Waals surface area (Å²) in [5.74, 6) is 0.280. The van der Waals surface area contributed by atoms with Crippen LogP contribution in [0.3, 0.4) is 0 Å². The van der Waals surface area contributed by atoms with Gasteiger partial charge in [-0.3, -0.25) is 9.59 Å². The molecule has 2 rings (SSSR count). The Hall–Kier alpha value is -2.24. The average molecular weight is 264 g/mol. The summed E-state index contributed by atoms with van der Waals surface area (Å²) in [5, 5.41) is 2.75. The Morgan fingerprint density at radius 1 is 1.37 bits per heavy atom. The van der Waals surface area contributed by atoms with Crippen molar-refractivity contribution in [2.24, 2.45) is 11.7 Å². The van der Waals surface area contributed by atoms with Crippen LogP contribution in [0.1, 0.15) is 18.9 Å². The molecule has 1 aromatic carbocycles. The highest BCUT2D eigenvalue weighted by Gasteiger charge is 2.16. The molecule has 6 heteroatoms. The maximum absolute atomic E-state index is 11.7. The molecule has 1 aliphatic heterocycles. The number of nitrogens with one attached hydrogen (secondary N) is 1. The van der Waals surface area contributed by atoms with Crippen molar-refractivity contribution in [2.75, 3.05) is 6.79 Å². The van der Waals surface area contributed by atoms with Crippen molar-refractivity contribution >= 4 is 11.8 Å². The first-order valence-corrected chi connectivity index (χ1v) is 6.01. The standard InChI is InChI=1S/C13H16N2O4/c1-8(4-12(14)16)13(17)15-6-9-2-3-10-11(5-9)19-7-18-10/h2-3,5,8H,4,6-7H2,1H3,(H2,14,16)(H,15,17). The van der Waals surface area contributed by atoms with Crippen molar-refractivity contribution in [3.8, 4) is 11.5 Å². The van der Waals surface area contributed by atoms with Crippen LogP contribution in [0, 0.1) is 5.92 Å². The molecule has 0 saturated heterocycles. The number of hydrogen-bond donors (Lipinski definition) is 2. The predicted molar refractivity (Wildman–Crippen MR) is 67.4 cm³/mol. The highest BCUT2D eigenvalue weighted by atomic mass is 16.7. The van der Waals surface area contributed by atoms with Gasteiger partial charge in [-0.2, -0.15) is 0 Å². The molecule has 19 heavy (non-hydrogen) atoms. The van der Waals surface area contributed by atoms with Crippen LogP contribution in [0.2, 0.25) is 0 Å². The fourth-order valence-corrected chi connectivity index (χ4v) is 1.81. The first-order chi connectivity index (χ1) is 9.06. The molecular formula is C13H16N2O4. The molecule has 102 valence electrons. The molecule has 0 spiro atoms. The van der Waals surface area contributed by atoms with E-state index in [-0.39, 0.29) is 19.1 Å². The molecule has 1 aliphatic rings. The van der Waals surface area contributed by atoms with Crippen molar-refractivity contribution < 1.29 is 19.1 Å². The fraction of sp³-hybridized carbons (Fsp3) is 0.385. The van der Waals surface area contributed by atoms with E-state index in [4.69, 9.17) is 15.2 Å². The minimum Gasteiger partial charge on any atom is -0.454 e. The van der Waals surface area contributed by atoms with E-state index < -0.39 is 11.8 Å². The second-order valence-electron chi connectivity index (χ2n) is 4.48. The lowest BCUT2D eigenvalue weighted by Crippen LogP contribution is -2.31. The number of hydrogen-bond acceptors (Lipinski definition) is 4. The number of nitrogens with two attached hydrogens (primary N) is 1.